The lowest BCUT2D eigenvalue weighted by Gasteiger charge is -2.10. The summed E-state index contributed by atoms with van der Waals surface area (Å²) in [6.45, 7) is 0.229. The SMILES string of the molecule is O=C(COc1ccc(Cl)cc1Cl)Nc1ccnn1Cc1ccco1. The number of rotatable bonds is 6. The van der Waals surface area contributed by atoms with Crippen LogP contribution in [-0.2, 0) is 11.3 Å². The van der Waals surface area contributed by atoms with Crippen molar-refractivity contribution in [3.63, 3.8) is 0 Å². The molecule has 0 radical (unpaired) electrons. The highest BCUT2D eigenvalue weighted by Crippen LogP contribution is 2.27. The van der Waals surface area contributed by atoms with Crippen molar-refractivity contribution in [1.82, 2.24) is 9.78 Å². The first-order valence-electron chi connectivity index (χ1n) is 7.04. The van der Waals surface area contributed by atoms with Crippen molar-refractivity contribution < 1.29 is 13.9 Å². The van der Waals surface area contributed by atoms with Crippen LogP contribution in [-0.4, -0.2) is 22.3 Å². The number of ether oxygens (including phenoxy) is 1. The van der Waals surface area contributed by atoms with Gasteiger partial charge in [0.1, 0.15) is 23.9 Å². The molecular weight excluding hydrogens is 353 g/mol. The van der Waals surface area contributed by atoms with Gasteiger partial charge in [-0.25, -0.2) is 4.68 Å². The molecule has 1 aromatic carbocycles. The summed E-state index contributed by atoms with van der Waals surface area (Å²) < 4.78 is 12.3. The number of nitrogens with zero attached hydrogens (tertiary/aromatic N) is 2. The van der Waals surface area contributed by atoms with E-state index in [1.165, 1.54) is 0 Å². The van der Waals surface area contributed by atoms with Gasteiger partial charge in [0.15, 0.2) is 6.61 Å². The zero-order valence-electron chi connectivity index (χ0n) is 12.4. The number of carbonyl (C=O) groups is 1. The van der Waals surface area contributed by atoms with Crippen molar-refractivity contribution in [2.75, 3.05) is 11.9 Å². The zero-order chi connectivity index (χ0) is 16.9. The largest absolute Gasteiger partial charge is 0.482 e. The maximum absolute atomic E-state index is 12.0. The topological polar surface area (TPSA) is 69.3 Å². The van der Waals surface area contributed by atoms with Crippen LogP contribution in [0.3, 0.4) is 0 Å². The van der Waals surface area contributed by atoms with Crippen molar-refractivity contribution >= 4 is 34.9 Å². The summed E-state index contributed by atoms with van der Waals surface area (Å²) >= 11 is 11.8. The number of halogens is 2. The van der Waals surface area contributed by atoms with Crippen molar-refractivity contribution in [3.8, 4) is 5.75 Å². The second-order valence-corrected chi connectivity index (χ2v) is 5.71. The summed E-state index contributed by atoms with van der Waals surface area (Å²) in [7, 11) is 0. The summed E-state index contributed by atoms with van der Waals surface area (Å²) in [5.74, 6) is 1.34. The Hall–Kier alpha value is -2.44. The van der Waals surface area contributed by atoms with Crippen molar-refractivity contribution in [1.29, 1.82) is 0 Å². The number of furan rings is 1. The minimum atomic E-state index is -0.331. The van der Waals surface area contributed by atoms with Gasteiger partial charge in [0.2, 0.25) is 0 Å². The number of hydrogen-bond donors (Lipinski definition) is 1. The monoisotopic (exact) mass is 365 g/mol. The Balaban J connectivity index is 1.58. The van der Waals surface area contributed by atoms with Gasteiger partial charge in [0.05, 0.1) is 17.5 Å². The van der Waals surface area contributed by atoms with Gasteiger partial charge >= 0.3 is 0 Å². The Kier molecular flexibility index (Phi) is 5.08. The minimum Gasteiger partial charge on any atom is -0.482 e. The summed E-state index contributed by atoms with van der Waals surface area (Å²) in [6, 6.07) is 10.1. The normalized spacial score (nSPS) is 10.6. The summed E-state index contributed by atoms with van der Waals surface area (Å²) in [5, 5.41) is 7.73. The molecule has 0 aliphatic heterocycles. The van der Waals surface area contributed by atoms with E-state index < -0.39 is 0 Å². The molecule has 24 heavy (non-hydrogen) atoms. The number of amides is 1. The second kappa shape index (κ2) is 7.42. The third-order valence-corrected chi connectivity index (χ3v) is 3.65. The summed E-state index contributed by atoms with van der Waals surface area (Å²) in [5.41, 5.74) is 0. The molecule has 8 heteroatoms. The van der Waals surface area contributed by atoms with E-state index in [-0.39, 0.29) is 12.5 Å². The van der Waals surface area contributed by atoms with Gasteiger partial charge in [-0.05, 0) is 30.3 Å². The number of benzene rings is 1. The van der Waals surface area contributed by atoms with Gasteiger partial charge in [-0.15, -0.1) is 0 Å². The van der Waals surface area contributed by atoms with Crippen LogP contribution in [0.25, 0.3) is 0 Å². The molecule has 2 heterocycles. The molecule has 0 saturated carbocycles. The number of nitrogens with one attached hydrogen (secondary N) is 1. The van der Waals surface area contributed by atoms with Gasteiger partial charge in [-0.1, -0.05) is 23.2 Å². The van der Waals surface area contributed by atoms with Crippen LogP contribution < -0.4 is 10.1 Å². The number of aromatic nitrogens is 2. The van der Waals surface area contributed by atoms with Crippen LogP contribution in [0, 0.1) is 0 Å². The average Bonchev–Trinajstić information content (AvgIpc) is 3.20. The Morgan fingerprint density at radius 3 is 2.92 bits per heavy atom. The van der Waals surface area contributed by atoms with E-state index in [0.29, 0.717) is 28.2 Å². The van der Waals surface area contributed by atoms with E-state index >= 15 is 0 Å². The van der Waals surface area contributed by atoms with Gasteiger partial charge < -0.3 is 14.5 Å². The minimum absolute atomic E-state index is 0.187. The first kappa shape index (κ1) is 16.4. The van der Waals surface area contributed by atoms with E-state index in [2.05, 4.69) is 10.4 Å². The summed E-state index contributed by atoms with van der Waals surface area (Å²) in [4.78, 5) is 12.0. The van der Waals surface area contributed by atoms with Crippen LogP contribution in [0.2, 0.25) is 10.0 Å². The van der Waals surface area contributed by atoms with E-state index in [9.17, 15) is 4.79 Å². The van der Waals surface area contributed by atoms with E-state index in [1.807, 2.05) is 6.07 Å². The first-order valence-corrected chi connectivity index (χ1v) is 7.79. The highest BCUT2D eigenvalue weighted by atomic mass is 35.5. The second-order valence-electron chi connectivity index (χ2n) is 4.87. The van der Waals surface area contributed by atoms with Crippen LogP contribution in [0.5, 0.6) is 5.75 Å². The third kappa shape index (κ3) is 4.10. The lowest BCUT2D eigenvalue weighted by atomic mass is 10.3. The fourth-order valence-electron chi connectivity index (χ4n) is 2.03. The van der Waals surface area contributed by atoms with Crippen LogP contribution in [0.1, 0.15) is 5.76 Å². The molecule has 3 aromatic rings. The van der Waals surface area contributed by atoms with Gasteiger partial charge in [0.25, 0.3) is 5.91 Å². The Labute approximate surface area is 147 Å². The van der Waals surface area contributed by atoms with Gasteiger partial charge in [-0.2, -0.15) is 5.10 Å². The molecule has 0 fully saturated rings. The zero-order valence-corrected chi connectivity index (χ0v) is 13.9. The Morgan fingerprint density at radius 1 is 1.29 bits per heavy atom. The molecule has 0 spiro atoms. The third-order valence-electron chi connectivity index (χ3n) is 3.12. The average molecular weight is 366 g/mol. The van der Waals surface area contributed by atoms with Gasteiger partial charge in [-0.3, -0.25) is 4.79 Å². The molecule has 0 bridgehead atoms. The Bertz CT molecular complexity index is 831. The molecule has 124 valence electrons. The standard InChI is InChI=1S/C16H13Cl2N3O3/c17-11-3-4-14(13(18)8-11)24-10-16(22)20-15-5-6-19-21(15)9-12-2-1-7-23-12/h1-8H,9-10H2,(H,20,22). The van der Waals surface area contributed by atoms with Crippen molar-refractivity contribution in [2.24, 2.45) is 0 Å². The fourth-order valence-corrected chi connectivity index (χ4v) is 2.49. The molecule has 0 unspecified atom stereocenters. The maximum atomic E-state index is 12.0. The molecule has 0 aliphatic carbocycles. The molecular formula is C16H13Cl2N3O3. The molecule has 0 atom stereocenters. The number of carbonyl (C=O) groups excluding carboxylic acids is 1. The number of hydrogen-bond acceptors (Lipinski definition) is 4. The molecule has 3 rings (SSSR count). The molecule has 2 aromatic heterocycles. The predicted molar refractivity (Wildman–Crippen MR) is 90.6 cm³/mol. The summed E-state index contributed by atoms with van der Waals surface area (Å²) in [6.07, 6.45) is 3.18. The Morgan fingerprint density at radius 2 is 2.17 bits per heavy atom. The molecule has 0 saturated heterocycles. The maximum Gasteiger partial charge on any atom is 0.263 e. The lowest BCUT2D eigenvalue weighted by molar-refractivity contribution is -0.118. The number of anilines is 1. The molecule has 1 N–H and O–H groups in total. The molecule has 1 amide bonds. The smallest absolute Gasteiger partial charge is 0.263 e. The molecule has 0 aliphatic rings. The van der Waals surface area contributed by atoms with Gasteiger partial charge in [0, 0.05) is 11.1 Å². The van der Waals surface area contributed by atoms with E-state index in [0.717, 1.165) is 5.76 Å². The quantitative estimate of drug-likeness (QED) is 0.720. The first-order chi connectivity index (χ1) is 11.6. The fraction of sp³-hybridized carbons (Fsp3) is 0.125. The van der Waals surface area contributed by atoms with Crippen molar-refractivity contribution in [3.05, 3.63) is 64.7 Å². The van der Waals surface area contributed by atoms with E-state index in [1.54, 1.807) is 47.5 Å². The van der Waals surface area contributed by atoms with Crippen LogP contribution in [0.15, 0.2) is 53.3 Å². The van der Waals surface area contributed by atoms with Crippen LogP contribution >= 0.6 is 23.2 Å². The highest BCUT2D eigenvalue weighted by molar-refractivity contribution is 6.35. The van der Waals surface area contributed by atoms with Crippen LogP contribution in [0.4, 0.5) is 5.82 Å². The lowest BCUT2D eigenvalue weighted by Crippen LogP contribution is -2.22. The van der Waals surface area contributed by atoms with E-state index in [4.69, 9.17) is 32.4 Å². The predicted octanol–water partition coefficient (Wildman–Crippen LogP) is 3.85. The molecule has 6 nitrogen and oxygen atoms in total. The highest BCUT2D eigenvalue weighted by Gasteiger charge is 2.10. The van der Waals surface area contributed by atoms with Crippen molar-refractivity contribution in [2.45, 2.75) is 6.54 Å².